The standard InChI is InChI=1S/C14H16BrN3OS/c1-10(2)18-13(7-8-16-18)17-14(19)9-20-12-5-3-11(15)4-6-12/h3-8,10H,9H2,1-2H3,(H,17,19). The van der Waals surface area contributed by atoms with Gasteiger partial charge in [0.25, 0.3) is 0 Å². The molecule has 0 aliphatic carbocycles. The minimum atomic E-state index is -0.0275. The van der Waals surface area contributed by atoms with E-state index in [0.29, 0.717) is 5.75 Å². The van der Waals surface area contributed by atoms with Gasteiger partial charge in [0.2, 0.25) is 5.91 Å². The summed E-state index contributed by atoms with van der Waals surface area (Å²) in [5.74, 6) is 1.09. The van der Waals surface area contributed by atoms with Crippen LogP contribution in [-0.4, -0.2) is 21.4 Å². The van der Waals surface area contributed by atoms with Crippen LogP contribution in [0.25, 0.3) is 0 Å². The predicted molar refractivity (Wildman–Crippen MR) is 86.1 cm³/mol. The maximum absolute atomic E-state index is 11.9. The second-order valence-corrected chi connectivity index (χ2v) is 6.51. The summed E-state index contributed by atoms with van der Waals surface area (Å²) in [7, 11) is 0. The Morgan fingerprint density at radius 3 is 2.70 bits per heavy atom. The van der Waals surface area contributed by atoms with Crippen LogP contribution in [-0.2, 0) is 4.79 Å². The van der Waals surface area contributed by atoms with Crippen molar-refractivity contribution in [1.82, 2.24) is 9.78 Å². The summed E-state index contributed by atoms with van der Waals surface area (Å²) in [5.41, 5.74) is 0. The third-order valence-electron chi connectivity index (χ3n) is 2.61. The summed E-state index contributed by atoms with van der Waals surface area (Å²) in [6, 6.07) is 9.94. The van der Waals surface area contributed by atoms with E-state index in [1.807, 2.05) is 44.2 Å². The van der Waals surface area contributed by atoms with Gasteiger partial charge in [0.1, 0.15) is 5.82 Å². The number of halogens is 1. The molecule has 1 N–H and O–H groups in total. The molecule has 106 valence electrons. The molecule has 2 aromatic rings. The minimum Gasteiger partial charge on any atom is -0.310 e. The fourth-order valence-corrected chi connectivity index (χ4v) is 2.65. The fourth-order valence-electron chi connectivity index (χ4n) is 1.68. The molecule has 0 bridgehead atoms. The number of anilines is 1. The first kappa shape index (κ1) is 15.1. The first-order chi connectivity index (χ1) is 9.56. The van der Waals surface area contributed by atoms with E-state index in [1.54, 1.807) is 10.9 Å². The van der Waals surface area contributed by atoms with Crippen molar-refractivity contribution in [1.29, 1.82) is 0 Å². The molecule has 6 heteroatoms. The van der Waals surface area contributed by atoms with Crippen LogP contribution in [0.4, 0.5) is 5.82 Å². The van der Waals surface area contributed by atoms with Crippen molar-refractivity contribution in [3.63, 3.8) is 0 Å². The molecule has 1 amide bonds. The molecule has 0 fully saturated rings. The lowest BCUT2D eigenvalue weighted by molar-refractivity contribution is -0.113. The average Bonchev–Trinajstić information content (AvgIpc) is 2.86. The van der Waals surface area contributed by atoms with E-state index >= 15 is 0 Å². The second-order valence-electron chi connectivity index (χ2n) is 4.55. The van der Waals surface area contributed by atoms with Crippen LogP contribution in [0, 0.1) is 0 Å². The molecule has 0 spiro atoms. The lowest BCUT2D eigenvalue weighted by atomic mass is 10.4. The van der Waals surface area contributed by atoms with E-state index in [-0.39, 0.29) is 11.9 Å². The van der Waals surface area contributed by atoms with Crippen LogP contribution in [0.2, 0.25) is 0 Å². The lowest BCUT2D eigenvalue weighted by Crippen LogP contribution is -2.18. The Morgan fingerprint density at radius 1 is 1.35 bits per heavy atom. The zero-order valence-electron chi connectivity index (χ0n) is 11.3. The van der Waals surface area contributed by atoms with Gasteiger partial charge < -0.3 is 5.32 Å². The molecule has 20 heavy (non-hydrogen) atoms. The molecule has 2 rings (SSSR count). The number of amides is 1. The Labute approximate surface area is 131 Å². The van der Waals surface area contributed by atoms with E-state index in [0.717, 1.165) is 15.2 Å². The van der Waals surface area contributed by atoms with Crippen molar-refractivity contribution in [2.75, 3.05) is 11.1 Å². The molecule has 0 unspecified atom stereocenters. The van der Waals surface area contributed by atoms with Crippen molar-refractivity contribution in [3.05, 3.63) is 41.0 Å². The second kappa shape index (κ2) is 6.95. The van der Waals surface area contributed by atoms with E-state index in [4.69, 9.17) is 0 Å². The van der Waals surface area contributed by atoms with Gasteiger partial charge in [-0.1, -0.05) is 15.9 Å². The van der Waals surface area contributed by atoms with Crippen LogP contribution in [0.15, 0.2) is 45.9 Å². The van der Waals surface area contributed by atoms with Crippen LogP contribution < -0.4 is 5.32 Å². The highest BCUT2D eigenvalue weighted by Crippen LogP contribution is 2.21. The average molecular weight is 354 g/mol. The number of nitrogens with one attached hydrogen (secondary N) is 1. The lowest BCUT2D eigenvalue weighted by Gasteiger charge is -2.11. The Morgan fingerprint density at radius 2 is 2.05 bits per heavy atom. The minimum absolute atomic E-state index is 0.0275. The summed E-state index contributed by atoms with van der Waals surface area (Å²) >= 11 is 4.90. The molecule has 1 aromatic carbocycles. The van der Waals surface area contributed by atoms with Crippen LogP contribution in [0.5, 0.6) is 0 Å². The third-order valence-corrected chi connectivity index (χ3v) is 4.15. The van der Waals surface area contributed by atoms with Gasteiger partial charge in [-0.2, -0.15) is 5.10 Å². The highest BCUT2D eigenvalue weighted by molar-refractivity contribution is 9.10. The smallest absolute Gasteiger partial charge is 0.235 e. The van der Waals surface area contributed by atoms with Gasteiger partial charge in [0.15, 0.2) is 0 Å². The first-order valence-corrected chi connectivity index (χ1v) is 8.06. The Balaban J connectivity index is 1.89. The van der Waals surface area contributed by atoms with E-state index in [1.165, 1.54) is 11.8 Å². The van der Waals surface area contributed by atoms with Gasteiger partial charge in [0.05, 0.1) is 11.9 Å². The van der Waals surface area contributed by atoms with Crippen LogP contribution in [0.1, 0.15) is 19.9 Å². The topological polar surface area (TPSA) is 46.9 Å². The molecule has 0 atom stereocenters. The number of carbonyl (C=O) groups excluding carboxylic acids is 1. The third kappa shape index (κ3) is 4.11. The highest BCUT2D eigenvalue weighted by Gasteiger charge is 2.09. The normalized spacial score (nSPS) is 10.8. The van der Waals surface area contributed by atoms with Crippen LogP contribution in [0.3, 0.4) is 0 Å². The number of benzene rings is 1. The highest BCUT2D eigenvalue weighted by atomic mass is 79.9. The van der Waals surface area contributed by atoms with Gasteiger partial charge >= 0.3 is 0 Å². The zero-order valence-corrected chi connectivity index (χ0v) is 13.7. The molecule has 1 heterocycles. The van der Waals surface area contributed by atoms with Gasteiger partial charge in [-0.25, -0.2) is 4.68 Å². The van der Waals surface area contributed by atoms with Gasteiger partial charge in [-0.3, -0.25) is 4.79 Å². The maximum Gasteiger partial charge on any atom is 0.235 e. The molecule has 1 aromatic heterocycles. The quantitative estimate of drug-likeness (QED) is 0.827. The molecule has 0 saturated heterocycles. The number of nitrogens with zero attached hydrogens (tertiary/aromatic N) is 2. The Kier molecular flexibility index (Phi) is 5.25. The number of thioether (sulfide) groups is 1. The molecular weight excluding hydrogens is 338 g/mol. The number of hydrogen-bond acceptors (Lipinski definition) is 3. The van der Waals surface area contributed by atoms with Crippen molar-refractivity contribution in [2.45, 2.75) is 24.8 Å². The SMILES string of the molecule is CC(C)n1nccc1NC(=O)CSc1ccc(Br)cc1. The van der Waals surface area contributed by atoms with Gasteiger partial charge in [0, 0.05) is 21.5 Å². The summed E-state index contributed by atoms with van der Waals surface area (Å²) < 4.78 is 2.83. The summed E-state index contributed by atoms with van der Waals surface area (Å²) in [5, 5.41) is 7.07. The predicted octanol–water partition coefficient (Wildman–Crippen LogP) is 3.96. The molecule has 0 saturated carbocycles. The molecule has 0 radical (unpaired) electrons. The van der Waals surface area contributed by atoms with E-state index in [2.05, 4.69) is 26.3 Å². The number of carbonyl (C=O) groups is 1. The zero-order chi connectivity index (χ0) is 14.5. The number of aromatic nitrogens is 2. The molecule has 0 aliphatic heterocycles. The fraction of sp³-hybridized carbons (Fsp3) is 0.286. The van der Waals surface area contributed by atoms with Crippen molar-refractivity contribution < 1.29 is 4.79 Å². The van der Waals surface area contributed by atoms with Gasteiger partial charge in [-0.15, -0.1) is 11.8 Å². The molecule has 4 nitrogen and oxygen atoms in total. The van der Waals surface area contributed by atoms with Crippen molar-refractivity contribution in [2.24, 2.45) is 0 Å². The Bertz CT molecular complexity index is 580. The van der Waals surface area contributed by atoms with E-state index in [9.17, 15) is 4.79 Å². The number of hydrogen-bond donors (Lipinski definition) is 1. The summed E-state index contributed by atoms with van der Waals surface area (Å²) in [4.78, 5) is 13.0. The number of rotatable bonds is 5. The molecular formula is C14H16BrN3OS. The van der Waals surface area contributed by atoms with Crippen LogP contribution >= 0.6 is 27.7 Å². The molecule has 0 aliphatic rings. The summed E-state index contributed by atoms with van der Waals surface area (Å²) in [6.45, 7) is 4.05. The summed E-state index contributed by atoms with van der Waals surface area (Å²) in [6.07, 6.45) is 1.69. The monoisotopic (exact) mass is 353 g/mol. The first-order valence-electron chi connectivity index (χ1n) is 6.28. The largest absolute Gasteiger partial charge is 0.310 e. The Hall–Kier alpha value is -1.27. The van der Waals surface area contributed by atoms with Crippen molar-refractivity contribution in [3.8, 4) is 0 Å². The van der Waals surface area contributed by atoms with E-state index < -0.39 is 0 Å². The van der Waals surface area contributed by atoms with Gasteiger partial charge in [-0.05, 0) is 38.1 Å². The van der Waals surface area contributed by atoms with Crippen molar-refractivity contribution >= 4 is 39.4 Å². The maximum atomic E-state index is 11.9.